The Bertz CT molecular complexity index is 340. The molecule has 13 heavy (non-hydrogen) atoms. The molecular weight excluding hydrogens is 176 g/mol. The van der Waals surface area contributed by atoms with Crippen molar-refractivity contribution in [3.8, 4) is 0 Å². The van der Waals surface area contributed by atoms with Gasteiger partial charge in [-0.3, -0.25) is 10.1 Å². The fourth-order valence-electron chi connectivity index (χ4n) is 0.804. The summed E-state index contributed by atoms with van der Waals surface area (Å²) in [6.45, 7) is 0. The third-order valence-corrected chi connectivity index (χ3v) is 1.36. The van der Waals surface area contributed by atoms with Crippen molar-refractivity contribution in [2.45, 2.75) is 0 Å². The molecule has 0 amide bonds. The zero-order valence-corrected chi connectivity index (χ0v) is 6.41. The molecule has 0 atom stereocenters. The second kappa shape index (κ2) is 3.53. The first-order valence-corrected chi connectivity index (χ1v) is 3.32. The maximum atomic E-state index is 10.2. The van der Waals surface area contributed by atoms with Crippen molar-refractivity contribution in [3.05, 3.63) is 50.4 Å². The van der Waals surface area contributed by atoms with Gasteiger partial charge in [0.05, 0.1) is 4.92 Å². The Morgan fingerprint density at radius 2 is 1.62 bits per heavy atom. The van der Waals surface area contributed by atoms with Crippen LogP contribution in [-0.2, 0) is 0 Å². The summed E-state index contributed by atoms with van der Waals surface area (Å²) in [7, 11) is 0. The minimum atomic E-state index is -0.610. The Hall–Kier alpha value is -2.11. The van der Waals surface area contributed by atoms with E-state index < -0.39 is 9.83 Å². The van der Waals surface area contributed by atoms with Crippen molar-refractivity contribution < 1.29 is 9.83 Å². The molecule has 1 aromatic rings. The molecule has 1 rings (SSSR count). The summed E-state index contributed by atoms with van der Waals surface area (Å²) in [6, 6.07) is 5.08. The molecule has 0 saturated carbocycles. The highest BCUT2D eigenvalue weighted by atomic mass is 16.8. The van der Waals surface area contributed by atoms with Gasteiger partial charge in [0.25, 0.3) is 5.69 Å². The molecule has 6 nitrogen and oxygen atoms in total. The highest BCUT2D eigenvalue weighted by Gasteiger charge is 2.03. The van der Waals surface area contributed by atoms with Crippen LogP contribution in [-0.4, -0.2) is 16.0 Å². The Balaban J connectivity index is 2.94. The quantitative estimate of drug-likeness (QED) is 0.294. The number of nitrogens with zero attached hydrogens (tertiary/aromatic N) is 2. The second-order valence-corrected chi connectivity index (χ2v) is 2.26. The number of non-ortho nitro benzene ring substituents is 1. The van der Waals surface area contributed by atoms with Gasteiger partial charge in [-0.15, -0.1) is 0 Å². The summed E-state index contributed by atoms with van der Waals surface area (Å²) in [5.74, 6) is 0. The van der Waals surface area contributed by atoms with Crippen LogP contribution in [0.3, 0.4) is 0 Å². The Morgan fingerprint density at radius 3 is 2.00 bits per heavy atom. The van der Waals surface area contributed by atoms with Crippen LogP contribution in [0.15, 0.2) is 24.3 Å². The maximum Gasteiger partial charge on any atom is 0.269 e. The fraction of sp³-hybridized carbons (Fsp3) is 0. The van der Waals surface area contributed by atoms with E-state index in [1.807, 2.05) is 0 Å². The second-order valence-electron chi connectivity index (χ2n) is 2.26. The summed E-state index contributed by atoms with van der Waals surface area (Å²) in [5.41, 5.74) is 0.246. The van der Waals surface area contributed by atoms with Crippen molar-refractivity contribution >= 4 is 11.9 Å². The summed E-state index contributed by atoms with van der Waals surface area (Å²) in [4.78, 5) is 9.03. The van der Waals surface area contributed by atoms with Crippen LogP contribution >= 0.6 is 0 Å². The molecule has 0 radical (unpaired) electrons. The van der Waals surface area contributed by atoms with Crippen molar-refractivity contribution in [1.82, 2.24) is 0 Å². The predicted molar refractivity (Wildman–Crippen MR) is 45.3 cm³/mol. The van der Waals surface area contributed by atoms with Crippen molar-refractivity contribution in [1.29, 1.82) is 0 Å². The molecule has 6 heteroatoms. The van der Waals surface area contributed by atoms with Crippen LogP contribution in [0, 0.1) is 20.5 Å². The van der Waals surface area contributed by atoms with Gasteiger partial charge in [0, 0.05) is 17.7 Å². The van der Waals surface area contributed by atoms with E-state index in [9.17, 15) is 20.5 Å². The lowest BCUT2D eigenvalue weighted by Gasteiger charge is -2.01. The van der Waals surface area contributed by atoms with Crippen LogP contribution in [0.5, 0.6) is 0 Å². The fourth-order valence-corrected chi connectivity index (χ4v) is 0.804. The monoisotopic (exact) mass is 181 g/mol. The van der Waals surface area contributed by atoms with Crippen LogP contribution < -0.4 is 0 Å². The Morgan fingerprint density at radius 1 is 1.08 bits per heavy atom. The van der Waals surface area contributed by atoms with Crippen LogP contribution in [0.25, 0.3) is 0 Å². The van der Waals surface area contributed by atoms with E-state index in [-0.39, 0.29) is 5.69 Å². The highest BCUT2D eigenvalue weighted by Crippen LogP contribution is 2.10. The molecule has 0 aromatic heterocycles. The topological polar surface area (TPSA) is 92.3 Å². The van der Waals surface area contributed by atoms with Crippen molar-refractivity contribution in [3.63, 3.8) is 0 Å². The molecule has 0 aliphatic rings. The number of hydrogen-bond acceptors (Lipinski definition) is 4. The molecule has 0 unspecified atom stereocenters. The summed E-state index contributed by atoms with van der Waals surface area (Å²) in [6.07, 6.45) is 0.781. The molecule has 0 saturated heterocycles. The van der Waals surface area contributed by atoms with Gasteiger partial charge in [0.2, 0.25) is 0 Å². The first kappa shape index (κ1) is 8.98. The Kier molecular flexibility index (Phi) is 2.44. The first-order chi connectivity index (χ1) is 6.09. The lowest BCUT2D eigenvalue weighted by Crippen LogP contribution is -1.95. The highest BCUT2D eigenvalue weighted by molar-refractivity contribution is 5.76. The number of benzene rings is 1. The van der Waals surface area contributed by atoms with E-state index in [4.69, 9.17) is 0 Å². The van der Waals surface area contributed by atoms with E-state index in [0.717, 1.165) is 6.21 Å². The molecule has 0 fully saturated rings. The van der Waals surface area contributed by atoms with E-state index >= 15 is 0 Å². The molecule has 0 N–H and O–H groups in total. The van der Waals surface area contributed by atoms with Crippen LogP contribution in [0.2, 0.25) is 0 Å². The SMILES string of the molecule is O=[N+]([O-])c1ccc(C=[N+]([O-])[O-])cc1. The molecular formula is C7H5N2O4-. The summed E-state index contributed by atoms with van der Waals surface area (Å²) >= 11 is 0. The molecule has 0 bridgehead atoms. The third kappa shape index (κ3) is 2.44. The Labute approximate surface area is 73.1 Å². The van der Waals surface area contributed by atoms with Gasteiger partial charge in [-0.25, -0.2) is 0 Å². The van der Waals surface area contributed by atoms with E-state index in [1.165, 1.54) is 24.3 Å². The molecule has 0 aliphatic carbocycles. The zero-order chi connectivity index (χ0) is 9.84. The number of rotatable bonds is 2. The molecule has 68 valence electrons. The van der Waals surface area contributed by atoms with Gasteiger partial charge >= 0.3 is 0 Å². The predicted octanol–water partition coefficient (Wildman–Crippen LogP) is 1.02. The van der Waals surface area contributed by atoms with Crippen molar-refractivity contribution in [2.24, 2.45) is 0 Å². The lowest BCUT2D eigenvalue weighted by atomic mass is 10.2. The van der Waals surface area contributed by atoms with Crippen LogP contribution in [0.1, 0.15) is 5.56 Å². The van der Waals surface area contributed by atoms with Gasteiger partial charge < -0.3 is 10.4 Å². The summed E-state index contributed by atoms with van der Waals surface area (Å²) < 4.78 is 0. The average molecular weight is 181 g/mol. The smallest absolute Gasteiger partial charge is 0.269 e. The van der Waals surface area contributed by atoms with Gasteiger partial charge in [-0.1, -0.05) is 0 Å². The van der Waals surface area contributed by atoms with E-state index in [2.05, 4.69) is 0 Å². The van der Waals surface area contributed by atoms with E-state index in [0.29, 0.717) is 5.56 Å². The number of nitro groups is 1. The molecule has 0 heterocycles. The molecule has 1 aromatic carbocycles. The maximum absolute atomic E-state index is 10.2. The lowest BCUT2D eigenvalue weighted by molar-refractivity contribution is -0.384. The molecule has 0 spiro atoms. The standard InChI is InChI=1S/C7H5N2O4/c10-8(11)5-6-1-3-7(4-2-6)9(12)13/h1-5H/q-1. The van der Waals surface area contributed by atoms with E-state index in [1.54, 1.807) is 0 Å². The number of nitro benzene ring substituents is 1. The average Bonchev–Trinajstić information content (AvgIpc) is 2.04. The van der Waals surface area contributed by atoms with Crippen LogP contribution in [0.4, 0.5) is 5.69 Å². The van der Waals surface area contributed by atoms with Crippen molar-refractivity contribution in [2.75, 3.05) is 0 Å². The zero-order valence-electron chi connectivity index (χ0n) is 6.41. The number of hydrogen-bond donors (Lipinski definition) is 0. The van der Waals surface area contributed by atoms with Gasteiger partial charge in [-0.05, 0) is 12.1 Å². The largest absolute Gasteiger partial charge is 0.612 e. The van der Waals surface area contributed by atoms with Gasteiger partial charge in [0.15, 0.2) is 6.21 Å². The first-order valence-electron chi connectivity index (χ1n) is 3.32. The van der Waals surface area contributed by atoms with Gasteiger partial charge in [-0.2, -0.15) is 4.90 Å². The minimum Gasteiger partial charge on any atom is -0.612 e. The van der Waals surface area contributed by atoms with Gasteiger partial charge in [0.1, 0.15) is 0 Å². The third-order valence-electron chi connectivity index (χ3n) is 1.36. The minimum absolute atomic E-state index is 0.0829. The summed E-state index contributed by atoms with van der Waals surface area (Å²) in [5, 5.41) is 30.2. The molecule has 0 aliphatic heterocycles. The normalized spacial score (nSPS) is 9.23.